The zero-order valence-corrected chi connectivity index (χ0v) is 17.0. The minimum Gasteiger partial charge on any atom is -0.507 e. The van der Waals surface area contributed by atoms with Gasteiger partial charge in [0.15, 0.2) is 0 Å². The zero-order valence-electron chi connectivity index (χ0n) is 17.0. The van der Waals surface area contributed by atoms with E-state index in [9.17, 15) is 19.8 Å². The number of benzene rings is 2. The lowest BCUT2D eigenvalue weighted by Crippen LogP contribution is -1.99. The molecule has 0 bridgehead atoms. The number of carboxylic acids is 2. The molecule has 0 spiro atoms. The number of phenols is 2. The van der Waals surface area contributed by atoms with Gasteiger partial charge in [-0.3, -0.25) is 0 Å². The Hall–Kier alpha value is -3.75. The standard InChI is InChI=1S/2C10H12O3.CH2O3/c2*1-6(2)7-4-3-5-8(9(7)11)10(12)13;2-1(3)4/h2*3-6,11H,1-2H3,(H,12,13);(H2,2,3,4). The molecule has 6 N–H and O–H groups in total. The highest BCUT2D eigenvalue weighted by molar-refractivity contribution is 5.91. The lowest BCUT2D eigenvalue weighted by molar-refractivity contribution is 0.0682. The number of rotatable bonds is 4. The Balaban J connectivity index is 0.000000477. The average molecular weight is 422 g/mol. The van der Waals surface area contributed by atoms with Crippen LogP contribution in [0, 0.1) is 0 Å². The van der Waals surface area contributed by atoms with Gasteiger partial charge in [0.1, 0.15) is 22.6 Å². The van der Waals surface area contributed by atoms with E-state index < -0.39 is 18.1 Å². The summed E-state index contributed by atoms with van der Waals surface area (Å²) < 4.78 is 0. The highest BCUT2D eigenvalue weighted by atomic mass is 16.6. The van der Waals surface area contributed by atoms with Crippen LogP contribution in [0.1, 0.15) is 71.4 Å². The van der Waals surface area contributed by atoms with Crippen LogP contribution in [-0.4, -0.2) is 48.7 Å². The predicted octanol–water partition coefficient (Wildman–Crippen LogP) is 4.65. The Kier molecular flexibility index (Phi) is 10.5. The largest absolute Gasteiger partial charge is 0.507 e. The monoisotopic (exact) mass is 422 g/mol. The molecule has 164 valence electrons. The van der Waals surface area contributed by atoms with Crippen molar-refractivity contribution in [1.82, 2.24) is 0 Å². The normalized spacial score (nSPS) is 9.80. The van der Waals surface area contributed by atoms with E-state index in [1.165, 1.54) is 12.1 Å². The van der Waals surface area contributed by atoms with Crippen molar-refractivity contribution in [1.29, 1.82) is 0 Å². The number of carbonyl (C=O) groups is 3. The van der Waals surface area contributed by atoms with Gasteiger partial charge >= 0.3 is 18.1 Å². The third-order valence-electron chi connectivity index (χ3n) is 3.84. The Bertz CT molecular complexity index is 815. The van der Waals surface area contributed by atoms with Crippen LogP contribution in [0.3, 0.4) is 0 Å². The summed E-state index contributed by atoms with van der Waals surface area (Å²) in [5, 5.41) is 50.5. The van der Waals surface area contributed by atoms with Gasteiger partial charge < -0.3 is 30.6 Å². The van der Waals surface area contributed by atoms with Crippen molar-refractivity contribution < 1.29 is 45.0 Å². The summed E-state index contributed by atoms with van der Waals surface area (Å²) in [6.45, 7) is 7.61. The molecule has 0 atom stereocenters. The van der Waals surface area contributed by atoms with Crippen LogP contribution >= 0.6 is 0 Å². The van der Waals surface area contributed by atoms with E-state index in [4.69, 9.17) is 25.2 Å². The van der Waals surface area contributed by atoms with E-state index in [0.717, 1.165) is 0 Å². The fraction of sp³-hybridized carbons (Fsp3) is 0.286. The first-order valence-corrected chi connectivity index (χ1v) is 8.83. The molecule has 0 unspecified atom stereocenters. The van der Waals surface area contributed by atoms with Crippen LogP contribution in [0.25, 0.3) is 0 Å². The molecule has 0 fully saturated rings. The fourth-order valence-corrected chi connectivity index (χ4v) is 2.40. The van der Waals surface area contributed by atoms with Crippen LogP contribution in [0.4, 0.5) is 4.79 Å². The lowest BCUT2D eigenvalue weighted by atomic mass is 9.99. The summed E-state index contributed by atoms with van der Waals surface area (Å²) in [7, 11) is 0. The Morgan fingerprint density at radius 3 is 1.10 bits per heavy atom. The van der Waals surface area contributed by atoms with Crippen molar-refractivity contribution in [3.8, 4) is 11.5 Å². The second-order valence-corrected chi connectivity index (χ2v) is 6.69. The molecule has 0 aliphatic rings. The van der Waals surface area contributed by atoms with E-state index in [1.807, 2.05) is 27.7 Å². The van der Waals surface area contributed by atoms with Crippen molar-refractivity contribution in [3.63, 3.8) is 0 Å². The molecule has 0 saturated heterocycles. The topological polar surface area (TPSA) is 173 Å². The van der Waals surface area contributed by atoms with Crippen LogP contribution < -0.4 is 0 Å². The van der Waals surface area contributed by atoms with Gasteiger partial charge in [0.05, 0.1) is 0 Å². The van der Waals surface area contributed by atoms with Crippen LogP contribution in [0.5, 0.6) is 11.5 Å². The summed E-state index contributed by atoms with van der Waals surface area (Å²) in [6, 6.07) is 9.52. The van der Waals surface area contributed by atoms with E-state index in [-0.39, 0.29) is 34.5 Å². The van der Waals surface area contributed by atoms with Crippen molar-refractivity contribution >= 4 is 18.1 Å². The van der Waals surface area contributed by atoms with Crippen molar-refractivity contribution in [2.24, 2.45) is 0 Å². The van der Waals surface area contributed by atoms with Gasteiger partial charge in [-0.25, -0.2) is 14.4 Å². The summed E-state index contributed by atoms with van der Waals surface area (Å²) >= 11 is 0. The first-order valence-electron chi connectivity index (χ1n) is 8.83. The number of aromatic hydroxyl groups is 2. The molecule has 0 heterocycles. The molecule has 0 aliphatic heterocycles. The second-order valence-electron chi connectivity index (χ2n) is 6.69. The van der Waals surface area contributed by atoms with Gasteiger partial charge in [-0.05, 0) is 35.1 Å². The molecule has 9 heteroatoms. The van der Waals surface area contributed by atoms with Gasteiger partial charge in [-0.2, -0.15) is 0 Å². The predicted molar refractivity (Wildman–Crippen MR) is 109 cm³/mol. The van der Waals surface area contributed by atoms with E-state index in [0.29, 0.717) is 11.1 Å². The highest BCUT2D eigenvalue weighted by Gasteiger charge is 2.15. The second kappa shape index (κ2) is 11.9. The summed E-state index contributed by atoms with van der Waals surface area (Å²) in [5.41, 5.74) is 1.26. The quantitative estimate of drug-likeness (QED) is 0.410. The van der Waals surface area contributed by atoms with Crippen molar-refractivity contribution in [2.75, 3.05) is 0 Å². The van der Waals surface area contributed by atoms with Crippen LogP contribution in [0.15, 0.2) is 36.4 Å². The maximum atomic E-state index is 10.6. The summed E-state index contributed by atoms with van der Waals surface area (Å²) in [4.78, 5) is 29.8. The van der Waals surface area contributed by atoms with Gasteiger partial charge in [0, 0.05) is 0 Å². The highest BCUT2D eigenvalue weighted by Crippen LogP contribution is 2.29. The summed E-state index contributed by atoms with van der Waals surface area (Å²) in [6.07, 6.45) is -1.83. The number of aromatic carboxylic acids is 2. The van der Waals surface area contributed by atoms with Crippen molar-refractivity contribution in [2.45, 2.75) is 39.5 Å². The zero-order chi connectivity index (χ0) is 23.6. The van der Waals surface area contributed by atoms with E-state index in [2.05, 4.69) is 0 Å². The lowest BCUT2D eigenvalue weighted by Gasteiger charge is -2.09. The molecule has 0 aromatic heterocycles. The first-order chi connectivity index (χ1) is 13.8. The minimum absolute atomic E-state index is 0.0359. The third-order valence-corrected chi connectivity index (χ3v) is 3.84. The van der Waals surface area contributed by atoms with Crippen LogP contribution in [0.2, 0.25) is 0 Å². The van der Waals surface area contributed by atoms with Crippen LogP contribution in [-0.2, 0) is 0 Å². The number of para-hydroxylation sites is 2. The molecule has 30 heavy (non-hydrogen) atoms. The molecule has 0 radical (unpaired) electrons. The number of hydrogen-bond acceptors (Lipinski definition) is 5. The molecule has 0 saturated carbocycles. The molecule has 0 aliphatic carbocycles. The number of hydrogen-bond donors (Lipinski definition) is 6. The third kappa shape index (κ3) is 8.09. The molecule has 2 rings (SSSR count). The molecular weight excluding hydrogens is 396 g/mol. The first kappa shape index (κ1) is 26.2. The molecule has 2 aromatic carbocycles. The van der Waals surface area contributed by atoms with Gasteiger partial charge in [0.2, 0.25) is 0 Å². The Labute approximate surface area is 173 Å². The SMILES string of the molecule is CC(C)c1cccc(C(=O)O)c1O.CC(C)c1cccc(C(=O)O)c1O.O=C(O)O. The van der Waals surface area contributed by atoms with Gasteiger partial charge in [-0.15, -0.1) is 0 Å². The molecule has 0 amide bonds. The maximum Gasteiger partial charge on any atom is 0.503 e. The van der Waals surface area contributed by atoms with Gasteiger partial charge in [0.25, 0.3) is 0 Å². The minimum atomic E-state index is -1.83. The number of carboxylic acid groups (broad SMARTS) is 4. The van der Waals surface area contributed by atoms with E-state index >= 15 is 0 Å². The van der Waals surface area contributed by atoms with Gasteiger partial charge in [-0.1, -0.05) is 52.0 Å². The fourth-order valence-electron chi connectivity index (χ4n) is 2.40. The average Bonchev–Trinajstić information content (AvgIpc) is 2.61. The molecular formula is C21H26O9. The molecule has 2 aromatic rings. The Morgan fingerprint density at radius 2 is 0.900 bits per heavy atom. The smallest absolute Gasteiger partial charge is 0.503 e. The molecule has 9 nitrogen and oxygen atoms in total. The Morgan fingerprint density at radius 1 is 0.633 bits per heavy atom. The van der Waals surface area contributed by atoms with Crippen molar-refractivity contribution in [3.05, 3.63) is 58.7 Å². The maximum absolute atomic E-state index is 10.6. The van der Waals surface area contributed by atoms with E-state index in [1.54, 1.807) is 24.3 Å². The summed E-state index contributed by atoms with van der Waals surface area (Å²) in [5.74, 6) is -2.19.